The van der Waals surface area contributed by atoms with Crippen LogP contribution in [0.15, 0.2) is 24.3 Å². The molecule has 0 radical (unpaired) electrons. The number of rotatable bonds is 4. The maximum absolute atomic E-state index is 12.4. The highest BCUT2D eigenvalue weighted by Crippen LogP contribution is 2.31. The summed E-state index contributed by atoms with van der Waals surface area (Å²) in [6.45, 7) is 1.58. The fourth-order valence-corrected chi connectivity index (χ4v) is 1.34. The first-order valence-corrected chi connectivity index (χ1v) is 5.23. The molecule has 18 heavy (non-hydrogen) atoms. The van der Waals surface area contributed by atoms with Gasteiger partial charge in [0.05, 0.1) is 19.1 Å². The zero-order valence-electron chi connectivity index (χ0n) is 9.95. The Bertz CT molecular complexity index is 415. The van der Waals surface area contributed by atoms with Gasteiger partial charge < -0.3 is 9.47 Å². The highest BCUT2D eigenvalue weighted by Gasteiger charge is 2.30. The van der Waals surface area contributed by atoms with Gasteiger partial charge in [-0.25, -0.2) is 0 Å². The van der Waals surface area contributed by atoms with Gasteiger partial charge in [-0.3, -0.25) is 4.79 Å². The van der Waals surface area contributed by atoms with Crippen LogP contribution in [0.3, 0.4) is 0 Å². The number of carbonyl (C=O) groups excluding carboxylic acids is 1. The number of ether oxygens (including phenoxy) is 2. The van der Waals surface area contributed by atoms with Crippen LogP contribution in [0.2, 0.25) is 0 Å². The summed E-state index contributed by atoms with van der Waals surface area (Å²) in [6, 6.07) is 4.51. The molecular weight excluding hydrogens is 249 g/mol. The second kappa shape index (κ2) is 5.75. The fourth-order valence-electron chi connectivity index (χ4n) is 1.34. The molecule has 0 aliphatic carbocycles. The molecule has 6 heteroatoms. The van der Waals surface area contributed by atoms with Crippen molar-refractivity contribution in [1.29, 1.82) is 0 Å². The molecule has 1 aromatic rings. The number of alkyl halides is 3. The second-order valence-electron chi connectivity index (χ2n) is 3.73. The van der Waals surface area contributed by atoms with Gasteiger partial charge in [-0.05, 0) is 25.1 Å². The molecule has 1 aromatic carbocycles. The van der Waals surface area contributed by atoms with E-state index < -0.39 is 23.8 Å². The molecule has 0 aliphatic rings. The van der Waals surface area contributed by atoms with Crippen LogP contribution in [0.25, 0.3) is 0 Å². The van der Waals surface area contributed by atoms with Crippen molar-refractivity contribution in [3.8, 4) is 5.75 Å². The summed E-state index contributed by atoms with van der Waals surface area (Å²) in [5.41, 5.74) is -0.787. The molecule has 0 heterocycles. The zero-order valence-corrected chi connectivity index (χ0v) is 9.95. The Morgan fingerprint density at radius 3 is 2.61 bits per heavy atom. The van der Waals surface area contributed by atoms with Crippen molar-refractivity contribution in [3.05, 3.63) is 29.8 Å². The number of hydrogen-bond acceptors (Lipinski definition) is 3. The average molecular weight is 262 g/mol. The predicted molar refractivity (Wildman–Crippen MR) is 58.2 cm³/mol. The van der Waals surface area contributed by atoms with Crippen LogP contribution in [0.5, 0.6) is 5.75 Å². The van der Waals surface area contributed by atoms with E-state index in [-0.39, 0.29) is 12.2 Å². The van der Waals surface area contributed by atoms with Gasteiger partial charge in [0.25, 0.3) is 0 Å². The normalized spacial score (nSPS) is 12.9. The molecule has 0 saturated carbocycles. The summed E-state index contributed by atoms with van der Waals surface area (Å²) in [6.07, 6.45) is -4.99. The van der Waals surface area contributed by atoms with Crippen molar-refractivity contribution in [3.63, 3.8) is 0 Å². The van der Waals surface area contributed by atoms with Crippen LogP contribution in [-0.4, -0.2) is 19.2 Å². The Hall–Kier alpha value is -1.72. The number of halogens is 3. The molecule has 1 atom stereocenters. The predicted octanol–water partition coefficient (Wildman–Crippen LogP) is 3.04. The standard InChI is InChI=1S/C12H13F3O3/c1-8(6-11(16)17-2)18-10-5-3-4-9(7-10)12(13,14)15/h3-5,7-8H,6H2,1-2H3. The van der Waals surface area contributed by atoms with Crippen LogP contribution >= 0.6 is 0 Å². The fraction of sp³-hybridized carbons (Fsp3) is 0.417. The highest BCUT2D eigenvalue weighted by atomic mass is 19.4. The molecule has 100 valence electrons. The van der Waals surface area contributed by atoms with E-state index in [1.807, 2.05) is 0 Å². The van der Waals surface area contributed by atoms with Crippen LogP contribution in [0.4, 0.5) is 13.2 Å². The van der Waals surface area contributed by atoms with E-state index in [1.165, 1.54) is 19.2 Å². The van der Waals surface area contributed by atoms with Crippen LogP contribution in [-0.2, 0) is 15.7 Å². The second-order valence-corrected chi connectivity index (χ2v) is 3.73. The van der Waals surface area contributed by atoms with Crippen molar-refractivity contribution in [2.24, 2.45) is 0 Å². The molecular formula is C12H13F3O3. The quantitative estimate of drug-likeness (QED) is 0.782. The van der Waals surface area contributed by atoms with E-state index >= 15 is 0 Å². The van der Waals surface area contributed by atoms with Crippen molar-refractivity contribution in [1.82, 2.24) is 0 Å². The summed E-state index contributed by atoms with van der Waals surface area (Å²) in [4.78, 5) is 11.0. The lowest BCUT2D eigenvalue weighted by Gasteiger charge is -2.15. The minimum absolute atomic E-state index is 0.0211. The Morgan fingerprint density at radius 1 is 1.39 bits per heavy atom. The van der Waals surface area contributed by atoms with Gasteiger partial charge in [-0.15, -0.1) is 0 Å². The first-order chi connectivity index (χ1) is 8.32. The van der Waals surface area contributed by atoms with Gasteiger partial charge >= 0.3 is 12.1 Å². The van der Waals surface area contributed by atoms with Gasteiger partial charge in [0.15, 0.2) is 0 Å². The zero-order chi connectivity index (χ0) is 13.8. The summed E-state index contributed by atoms with van der Waals surface area (Å²) in [5.74, 6) is -0.407. The Labute approximate surface area is 103 Å². The summed E-state index contributed by atoms with van der Waals surface area (Å²) in [7, 11) is 1.24. The Morgan fingerprint density at radius 2 is 2.06 bits per heavy atom. The van der Waals surface area contributed by atoms with Gasteiger partial charge in [-0.2, -0.15) is 13.2 Å². The number of hydrogen-bond donors (Lipinski definition) is 0. The van der Waals surface area contributed by atoms with Gasteiger partial charge in [-0.1, -0.05) is 6.07 Å². The molecule has 3 nitrogen and oxygen atoms in total. The van der Waals surface area contributed by atoms with Crippen molar-refractivity contribution in [2.45, 2.75) is 25.6 Å². The van der Waals surface area contributed by atoms with E-state index in [2.05, 4.69) is 4.74 Å². The molecule has 1 unspecified atom stereocenters. The summed E-state index contributed by atoms with van der Waals surface area (Å²) < 4.78 is 47.0. The topological polar surface area (TPSA) is 35.5 Å². The summed E-state index contributed by atoms with van der Waals surface area (Å²) in [5, 5.41) is 0. The van der Waals surface area contributed by atoms with Crippen LogP contribution in [0, 0.1) is 0 Å². The smallest absolute Gasteiger partial charge is 0.416 e. The molecule has 0 N–H and O–H groups in total. The third-order valence-corrected chi connectivity index (χ3v) is 2.18. The van der Waals surface area contributed by atoms with Crippen molar-refractivity contribution >= 4 is 5.97 Å². The lowest BCUT2D eigenvalue weighted by molar-refractivity contribution is -0.142. The monoisotopic (exact) mass is 262 g/mol. The van der Waals surface area contributed by atoms with Crippen molar-refractivity contribution in [2.75, 3.05) is 7.11 Å². The molecule has 0 saturated heterocycles. The third-order valence-electron chi connectivity index (χ3n) is 2.18. The number of esters is 1. The molecule has 0 aromatic heterocycles. The molecule has 1 rings (SSSR count). The minimum atomic E-state index is -4.41. The minimum Gasteiger partial charge on any atom is -0.490 e. The first kappa shape index (κ1) is 14.3. The molecule has 0 bridgehead atoms. The van der Waals surface area contributed by atoms with Crippen LogP contribution < -0.4 is 4.74 Å². The van der Waals surface area contributed by atoms with E-state index in [0.29, 0.717) is 0 Å². The SMILES string of the molecule is COC(=O)CC(C)Oc1cccc(C(F)(F)F)c1. The first-order valence-electron chi connectivity index (χ1n) is 5.23. The van der Waals surface area contributed by atoms with Crippen molar-refractivity contribution < 1.29 is 27.4 Å². The lowest BCUT2D eigenvalue weighted by Crippen LogP contribution is -2.18. The number of carbonyl (C=O) groups is 1. The number of methoxy groups -OCH3 is 1. The third kappa shape index (κ3) is 4.27. The maximum atomic E-state index is 12.4. The van der Waals surface area contributed by atoms with E-state index in [1.54, 1.807) is 6.92 Å². The molecule has 0 amide bonds. The molecule has 0 fully saturated rings. The largest absolute Gasteiger partial charge is 0.490 e. The Kier molecular flexibility index (Phi) is 4.58. The molecule has 0 spiro atoms. The number of benzene rings is 1. The van der Waals surface area contributed by atoms with Gasteiger partial charge in [0.2, 0.25) is 0 Å². The van der Waals surface area contributed by atoms with E-state index in [4.69, 9.17) is 4.74 Å². The van der Waals surface area contributed by atoms with Gasteiger partial charge in [0.1, 0.15) is 11.9 Å². The average Bonchev–Trinajstić information content (AvgIpc) is 2.27. The summed E-state index contributed by atoms with van der Waals surface area (Å²) >= 11 is 0. The van der Waals surface area contributed by atoms with Crippen LogP contribution in [0.1, 0.15) is 18.9 Å². The van der Waals surface area contributed by atoms with E-state index in [0.717, 1.165) is 12.1 Å². The Balaban J connectivity index is 2.71. The maximum Gasteiger partial charge on any atom is 0.416 e. The highest BCUT2D eigenvalue weighted by molar-refractivity contribution is 5.69. The lowest BCUT2D eigenvalue weighted by atomic mass is 10.2. The molecule has 0 aliphatic heterocycles. The van der Waals surface area contributed by atoms with Gasteiger partial charge in [0, 0.05) is 0 Å². The van der Waals surface area contributed by atoms with E-state index in [9.17, 15) is 18.0 Å².